The molecule has 0 aliphatic heterocycles. The van der Waals surface area contributed by atoms with E-state index in [-0.39, 0.29) is 0 Å². The first-order valence-corrected chi connectivity index (χ1v) is 5.25. The summed E-state index contributed by atoms with van der Waals surface area (Å²) in [4.78, 5) is 0. The molecule has 2 fully saturated rings. The zero-order valence-electron chi connectivity index (χ0n) is 7.90. The zero-order chi connectivity index (χ0) is 7.90. The third kappa shape index (κ3) is 1.21. The highest BCUT2D eigenvalue weighted by Crippen LogP contribution is 2.61. The van der Waals surface area contributed by atoms with Crippen molar-refractivity contribution in [2.75, 3.05) is 0 Å². The maximum absolute atomic E-state index is 2.41. The van der Waals surface area contributed by atoms with Crippen LogP contribution in [0.4, 0.5) is 0 Å². The Morgan fingerprint density at radius 3 is 2.27 bits per heavy atom. The van der Waals surface area contributed by atoms with Crippen LogP contribution in [0.5, 0.6) is 0 Å². The maximum Gasteiger partial charge on any atom is -0.0266 e. The molecule has 0 heterocycles. The fraction of sp³-hybridized carbons (Fsp3) is 1.00. The van der Waals surface area contributed by atoms with Gasteiger partial charge in [0, 0.05) is 0 Å². The second-order valence-electron chi connectivity index (χ2n) is 4.96. The van der Waals surface area contributed by atoms with E-state index < -0.39 is 0 Å². The van der Waals surface area contributed by atoms with Gasteiger partial charge in [-0.1, -0.05) is 26.7 Å². The van der Waals surface area contributed by atoms with Crippen LogP contribution in [0.25, 0.3) is 0 Å². The SMILES string of the molecule is CC(C)[C@@H]1CCCCC12CC2. The minimum absolute atomic E-state index is 0.867. The predicted molar refractivity (Wildman–Crippen MR) is 48.5 cm³/mol. The van der Waals surface area contributed by atoms with Crippen molar-refractivity contribution in [3.05, 3.63) is 0 Å². The second kappa shape index (κ2) is 2.50. The lowest BCUT2D eigenvalue weighted by atomic mass is 9.71. The first-order chi connectivity index (χ1) is 5.25. The van der Waals surface area contributed by atoms with E-state index in [1.54, 1.807) is 19.3 Å². The van der Waals surface area contributed by atoms with Crippen LogP contribution in [0.3, 0.4) is 0 Å². The minimum atomic E-state index is 0.867. The molecule has 0 saturated heterocycles. The van der Waals surface area contributed by atoms with Crippen molar-refractivity contribution >= 4 is 0 Å². The van der Waals surface area contributed by atoms with Crippen LogP contribution in [0.1, 0.15) is 52.4 Å². The summed E-state index contributed by atoms with van der Waals surface area (Å²) in [5, 5.41) is 0. The Morgan fingerprint density at radius 2 is 1.82 bits per heavy atom. The summed E-state index contributed by atoms with van der Waals surface area (Å²) in [7, 11) is 0. The normalized spacial score (nSPS) is 34.6. The molecule has 2 aliphatic carbocycles. The lowest BCUT2D eigenvalue weighted by Gasteiger charge is -2.34. The molecular formula is C11H20. The van der Waals surface area contributed by atoms with E-state index in [1.165, 1.54) is 19.3 Å². The Kier molecular flexibility index (Phi) is 1.74. The monoisotopic (exact) mass is 152 g/mol. The first-order valence-electron chi connectivity index (χ1n) is 5.25. The average Bonchev–Trinajstić information content (AvgIpc) is 2.70. The molecule has 2 aliphatic rings. The Morgan fingerprint density at radius 1 is 1.09 bits per heavy atom. The highest BCUT2D eigenvalue weighted by Gasteiger charge is 2.50. The first kappa shape index (κ1) is 7.64. The van der Waals surface area contributed by atoms with Crippen LogP contribution in [-0.4, -0.2) is 0 Å². The van der Waals surface area contributed by atoms with Gasteiger partial charge in [0.05, 0.1) is 0 Å². The Bertz CT molecular complexity index is 142. The molecule has 0 aromatic rings. The molecule has 0 amide bonds. The fourth-order valence-corrected chi connectivity index (χ4v) is 3.15. The second-order valence-corrected chi connectivity index (χ2v) is 4.96. The lowest BCUT2D eigenvalue weighted by Crippen LogP contribution is -2.25. The molecule has 0 nitrogen and oxygen atoms in total. The van der Waals surface area contributed by atoms with Gasteiger partial charge in [0.15, 0.2) is 0 Å². The highest BCUT2D eigenvalue weighted by atomic mass is 14.5. The average molecular weight is 152 g/mol. The largest absolute Gasteiger partial charge is 0.0625 e. The fourth-order valence-electron chi connectivity index (χ4n) is 3.15. The number of hydrogen-bond donors (Lipinski definition) is 0. The summed E-state index contributed by atoms with van der Waals surface area (Å²) < 4.78 is 0. The van der Waals surface area contributed by atoms with Gasteiger partial charge in [0.1, 0.15) is 0 Å². The van der Waals surface area contributed by atoms with E-state index in [9.17, 15) is 0 Å². The summed E-state index contributed by atoms with van der Waals surface area (Å²) in [6.45, 7) is 4.83. The Labute approximate surface area is 70.4 Å². The van der Waals surface area contributed by atoms with Gasteiger partial charge in [0.2, 0.25) is 0 Å². The van der Waals surface area contributed by atoms with Gasteiger partial charge in [-0.2, -0.15) is 0 Å². The van der Waals surface area contributed by atoms with Gasteiger partial charge in [0.25, 0.3) is 0 Å². The third-order valence-electron chi connectivity index (χ3n) is 3.92. The van der Waals surface area contributed by atoms with Crippen LogP contribution < -0.4 is 0 Å². The van der Waals surface area contributed by atoms with Crippen molar-refractivity contribution in [3.8, 4) is 0 Å². The van der Waals surface area contributed by atoms with Crippen molar-refractivity contribution in [1.29, 1.82) is 0 Å². The molecule has 0 radical (unpaired) electrons. The van der Waals surface area contributed by atoms with Crippen LogP contribution in [0.15, 0.2) is 0 Å². The molecule has 0 N–H and O–H groups in total. The zero-order valence-corrected chi connectivity index (χ0v) is 7.90. The van der Waals surface area contributed by atoms with E-state index in [0.717, 1.165) is 17.3 Å². The van der Waals surface area contributed by atoms with Gasteiger partial charge in [-0.15, -0.1) is 0 Å². The van der Waals surface area contributed by atoms with Crippen LogP contribution >= 0.6 is 0 Å². The Balaban J connectivity index is 2.04. The van der Waals surface area contributed by atoms with Crippen molar-refractivity contribution in [3.63, 3.8) is 0 Å². The molecular weight excluding hydrogens is 132 g/mol. The summed E-state index contributed by atoms with van der Waals surface area (Å²) in [5.74, 6) is 2.02. The molecule has 1 spiro atoms. The van der Waals surface area contributed by atoms with Crippen molar-refractivity contribution in [2.24, 2.45) is 17.3 Å². The molecule has 2 rings (SSSR count). The van der Waals surface area contributed by atoms with E-state index >= 15 is 0 Å². The summed E-state index contributed by atoms with van der Waals surface area (Å²) in [6.07, 6.45) is 9.20. The molecule has 0 unspecified atom stereocenters. The third-order valence-corrected chi connectivity index (χ3v) is 3.92. The van der Waals surface area contributed by atoms with Crippen LogP contribution in [-0.2, 0) is 0 Å². The van der Waals surface area contributed by atoms with E-state index in [0.29, 0.717) is 0 Å². The molecule has 0 aromatic heterocycles. The molecule has 0 aromatic carbocycles. The number of rotatable bonds is 1. The predicted octanol–water partition coefficient (Wildman–Crippen LogP) is 3.61. The van der Waals surface area contributed by atoms with Crippen LogP contribution in [0, 0.1) is 17.3 Å². The lowest BCUT2D eigenvalue weighted by molar-refractivity contribution is 0.159. The molecule has 64 valence electrons. The van der Waals surface area contributed by atoms with E-state index in [4.69, 9.17) is 0 Å². The quantitative estimate of drug-likeness (QED) is 0.538. The number of hydrogen-bond acceptors (Lipinski definition) is 0. The van der Waals surface area contributed by atoms with E-state index in [2.05, 4.69) is 13.8 Å². The van der Waals surface area contributed by atoms with Gasteiger partial charge in [-0.3, -0.25) is 0 Å². The minimum Gasteiger partial charge on any atom is -0.0625 e. The molecule has 0 heteroatoms. The Hall–Kier alpha value is 0. The summed E-state index contributed by atoms with van der Waals surface area (Å²) >= 11 is 0. The van der Waals surface area contributed by atoms with Gasteiger partial charge < -0.3 is 0 Å². The van der Waals surface area contributed by atoms with Crippen molar-refractivity contribution in [2.45, 2.75) is 52.4 Å². The molecule has 11 heavy (non-hydrogen) atoms. The van der Waals surface area contributed by atoms with Gasteiger partial charge >= 0.3 is 0 Å². The smallest absolute Gasteiger partial charge is 0.0266 e. The van der Waals surface area contributed by atoms with Gasteiger partial charge in [-0.25, -0.2) is 0 Å². The molecule has 0 bridgehead atoms. The summed E-state index contributed by atoms with van der Waals surface area (Å²) in [6, 6.07) is 0. The maximum atomic E-state index is 2.41. The summed E-state index contributed by atoms with van der Waals surface area (Å²) in [5.41, 5.74) is 0.867. The van der Waals surface area contributed by atoms with Crippen molar-refractivity contribution < 1.29 is 0 Å². The molecule has 1 atom stereocenters. The van der Waals surface area contributed by atoms with Gasteiger partial charge in [-0.05, 0) is 42.9 Å². The highest BCUT2D eigenvalue weighted by molar-refractivity contribution is 5.00. The standard InChI is InChI=1S/C11H20/c1-9(2)10-5-3-4-6-11(10)7-8-11/h9-10H,3-8H2,1-2H3/t10-/m0/s1. The van der Waals surface area contributed by atoms with Crippen molar-refractivity contribution in [1.82, 2.24) is 0 Å². The van der Waals surface area contributed by atoms with Crippen LogP contribution in [0.2, 0.25) is 0 Å². The molecule has 2 saturated carbocycles. The topological polar surface area (TPSA) is 0 Å². The van der Waals surface area contributed by atoms with E-state index in [1.807, 2.05) is 0 Å².